The zero-order valence-corrected chi connectivity index (χ0v) is 7.78. The van der Waals surface area contributed by atoms with Gasteiger partial charge in [-0.25, -0.2) is 0 Å². The third-order valence-electron chi connectivity index (χ3n) is 2.39. The van der Waals surface area contributed by atoms with Gasteiger partial charge >= 0.3 is 0 Å². The lowest BCUT2D eigenvalue weighted by molar-refractivity contribution is -0.115. The molecule has 0 saturated heterocycles. The van der Waals surface area contributed by atoms with Crippen molar-refractivity contribution in [2.24, 2.45) is 5.18 Å². The third-order valence-corrected chi connectivity index (χ3v) is 2.39. The second-order valence-electron chi connectivity index (χ2n) is 3.42. The van der Waals surface area contributed by atoms with Gasteiger partial charge in [-0.1, -0.05) is 17.3 Å². The Labute approximate surface area is 81.3 Å². The number of hydrogen-bond donors (Lipinski definition) is 1. The summed E-state index contributed by atoms with van der Waals surface area (Å²) < 4.78 is 0. The van der Waals surface area contributed by atoms with Crippen molar-refractivity contribution < 1.29 is 4.79 Å². The maximum absolute atomic E-state index is 11.1. The first-order valence-corrected chi connectivity index (χ1v) is 4.46. The van der Waals surface area contributed by atoms with Crippen molar-refractivity contribution >= 4 is 11.6 Å². The van der Waals surface area contributed by atoms with E-state index >= 15 is 0 Å². The summed E-state index contributed by atoms with van der Waals surface area (Å²) in [6, 6.07) is 5.14. The summed E-state index contributed by atoms with van der Waals surface area (Å²) >= 11 is 0. The Hall–Kier alpha value is -1.71. The van der Waals surface area contributed by atoms with Gasteiger partial charge in [0.25, 0.3) is 0 Å². The zero-order valence-electron chi connectivity index (χ0n) is 7.78. The minimum absolute atomic E-state index is 0.00358. The molecule has 1 aliphatic heterocycles. The van der Waals surface area contributed by atoms with Crippen molar-refractivity contribution in [1.29, 1.82) is 0 Å². The lowest BCUT2D eigenvalue weighted by atomic mass is 10.0. The molecule has 14 heavy (non-hydrogen) atoms. The smallest absolute Gasteiger partial charge is 0.228 e. The van der Waals surface area contributed by atoms with Crippen LogP contribution in [0.5, 0.6) is 0 Å². The summed E-state index contributed by atoms with van der Waals surface area (Å²) in [7, 11) is 0. The molecule has 1 unspecified atom stereocenters. The number of carbonyl (C=O) groups excluding carboxylic acids is 1. The highest BCUT2D eigenvalue weighted by Gasteiger charge is 2.18. The molecular formula is C10H10N2O2. The Morgan fingerprint density at radius 3 is 3.00 bits per heavy atom. The molecule has 0 spiro atoms. The van der Waals surface area contributed by atoms with Gasteiger partial charge in [0.15, 0.2) is 0 Å². The summed E-state index contributed by atoms with van der Waals surface area (Å²) in [5.74, 6) is 0.00358. The van der Waals surface area contributed by atoms with Crippen LogP contribution in [0.2, 0.25) is 0 Å². The maximum atomic E-state index is 11.1. The van der Waals surface area contributed by atoms with Crippen LogP contribution in [0.15, 0.2) is 23.4 Å². The second-order valence-corrected chi connectivity index (χ2v) is 3.42. The second kappa shape index (κ2) is 3.21. The van der Waals surface area contributed by atoms with Crippen LogP contribution in [0.25, 0.3) is 0 Å². The molecule has 2 rings (SSSR count). The number of rotatable bonds is 2. The van der Waals surface area contributed by atoms with Crippen molar-refractivity contribution in [2.45, 2.75) is 19.4 Å². The molecule has 0 aromatic heterocycles. The maximum Gasteiger partial charge on any atom is 0.228 e. The van der Waals surface area contributed by atoms with E-state index in [1.807, 2.05) is 18.2 Å². The molecule has 4 heteroatoms. The monoisotopic (exact) mass is 190 g/mol. The molecule has 0 saturated carbocycles. The number of amides is 1. The number of nitrogens with one attached hydrogen (secondary N) is 1. The van der Waals surface area contributed by atoms with E-state index in [1.54, 1.807) is 6.92 Å². The van der Waals surface area contributed by atoms with Gasteiger partial charge in [0.1, 0.15) is 6.04 Å². The molecule has 0 radical (unpaired) electrons. The number of nitrogens with zero attached hydrogens (tertiary/aromatic N) is 1. The highest BCUT2D eigenvalue weighted by molar-refractivity contribution is 5.99. The highest BCUT2D eigenvalue weighted by atomic mass is 16.3. The molecule has 72 valence electrons. The molecular weight excluding hydrogens is 180 g/mol. The molecule has 1 heterocycles. The van der Waals surface area contributed by atoms with Crippen LogP contribution in [0, 0.1) is 4.91 Å². The Balaban J connectivity index is 2.37. The van der Waals surface area contributed by atoms with Gasteiger partial charge in [-0.2, -0.15) is 4.91 Å². The Morgan fingerprint density at radius 2 is 2.29 bits per heavy atom. The van der Waals surface area contributed by atoms with E-state index in [1.165, 1.54) is 0 Å². The van der Waals surface area contributed by atoms with E-state index in [0.717, 1.165) is 16.8 Å². The Bertz CT molecular complexity index is 401. The summed E-state index contributed by atoms with van der Waals surface area (Å²) in [5.41, 5.74) is 2.65. The molecule has 1 atom stereocenters. The fraction of sp³-hybridized carbons (Fsp3) is 0.300. The first-order valence-electron chi connectivity index (χ1n) is 4.46. The Morgan fingerprint density at radius 1 is 1.50 bits per heavy atom. The number of carbonyl (C=O) groups is 1. The summed E-state index contributed by atoms with van der Waals surface area (Å²) in [6.07, 6.45) is 0.398. The van der Waals surface area contributed by atoms with Crippen LogP contribution in [-0.2, 0) is 11.2 Å². The predicted molar refractivity (Wildman–Crippen MR) is 53.0 cm³/mol. The average Bonchev–Trinajstić information content (AvgIpc) is 2.55. The fourth-order valence-corrected chi connectivity index (χ4v) is 1.57. The van der Waals surface area contributed by atoms with E-state index in [0.29, 0.717) is 6.42 Å². The zero-order chi connectivity index (χ0) is 10.1. The third kappa shape index (κ3) is 1.39. The van der Waals surface area contributed by atoms with Crippen molar-refractivity contribution in [3.63, 3.8) is 0 Å². The molecule has 0 bridgehead atoms. The number of nitroso groups, excluding NO2 is 1. The minimum Gasteiger partial charge on any atom is -0.326 e. The van der Waals surface area contributed by atoms with Crippen LogP contribution in [0.3, 0.4) is 0 Å². The Kier molecular flexibility index (Phi) is 2.04. The minimum atomic E-state index is -0.351. The predicted octanol–water partition coefficient (Wildman–Crippen LogP) is 2.01. The number of benzene rings is 1. The molecule has 1 aliphatic rings. The largest absolute Gasteiger partial charge is 0.326 e. The van der Waals surface area contributed by atoms with Crippen LogP contribution in [-0.4, -0.2) is 5.91 Å². The van der Waals surface area contributed by atoms with Crippen LogP contribution in [0.1, 0.15) is 24.1 Å². The standard InChI is InChI=1S/C10H10N2O2/c1-6(12-14)7-2-3-9-8(4-7)5-10(13)11-9/h2-4,6H,5H2,1H3,(H,11,13). The highest BCUT2D eigenvalue weighted by Crippen LogP contribution is 2.27. The molecule has 0 fully saturated rings. The van der Waals surface area contributed by atoms with Crippen LogP contribution in [0.4, 0.5) is 5.69 Å². The topological polar surface area (TPSA) is 58.5 Å². The molecule has 4 nitrogen and oxygen atoms in total. The van der Waals surface area contributed by atoms with Crippen molar-refractivity contribution in [3.8, 4) is 0 Å². The van der Waals surface area contributed by atoms with Gasteiger partial charge < -0.3 is 5.32 Å². The van der Waals surface area contributed by atoms with Gasteiger partial charge in [-0.3, -0.25) is 4.79 Å². The first-order chi connectivity index (χ1) is 6.70. The number of hydrogen-bond acceptors (Lipinski definition) is 3. The molecule has 1 amide bonds. The van der Waals surface area contributed by atoms with Crippen molar-refractivity contribution in [1.82, 2.24) is 0 Å². The van der Waals surface area contributed by atoms with Gasteiger partial charge in [-0.15, -0.1) is 0 Å². The van der Waals surface area contributed by atoms with Gasteiger partial charge in [0.2, 0.25) is 5.91 Å². The quantitative estimate of drug-likeness (QED) is 0.725. The number of fused-ring (bicyclic) bond motifs is 1. The van der Waals surface area contributed by atoms with Crippen LogP contribution < -0.4 is 5.32 Å². The van der Waals surface area contributed by atoms with Gasteiger partial charge in [-0.05, 0) is 24.1 Å². The van der Waals surface area contributed by atoms with E-state index < -0.39 is 0 Å². The lowest BCUT2D eigenvalue weighted by Crippen LogP contribution is -2.03. The summed E-state index contributed by atoms with van der Waals surface area (Å²) in [6.45, 7) is 1.74. The summed E-state index contributed by atoms with van der Waals surface area (Å²) in [4.78, 5) is 21.4. The van der Waals surface area contributed by atoms with Crippen molar-refractivity contribution in [3.05, 3.63) is 34.2 Å². The van der Waals surface area contributed by atoms with Crippen molar-refractivity contribution in [2.75, 3.05) is 5.32 Å². The molecule has 1 aromatic carbocycles. The number of anilines is 1. The van der Waals surface area contributed by atoms with E-state index in [4.69, 9.17) is 0 Å². The van der Waals surface area contributed by atoms with Gasteiger partial charge in [0, 0.05) is 5.69 Å². The van der Waals surface area contributed by atoms with Crippen LogP contribution >= 0.6 is 0 Å². The van der Waals surface area contributed by atoms with E-state index in [9.17, 15) is 9.70 Å². The van der Waals surface area contributed by atoms with E-state index in [2.05, 4.69) is 10.5 Å². The molecule has 0 aliphatic carbocycles. The van der Waals surface area contributed by atoms with Gasteiger partial charge in [0.05, 0.1) is 6.42 Å². The fourth-order valence-electron chi connectivity index (χ4n) is 1.57. The average molecular weight is 190 g/mol. The molecule has 1 aromatic rings. The molecule has 1 N–H and O–H groups in total. The lowest BCUT2D eigenvalue weighted by Gasteiger charge is -2.04. The SMILES string of the molecule is CC(N=O)c1ccc2c(c1)CC(=O)N2. The first kappa shape index (κ1) is 8.87. The van der Waals surface area contributed by atoms with E-state index in [-0.39, 0.29) is 11.9 Å². The normalized spacial score (nSPS) is 15.9. The summed E-state index contributed by atoms with van der Waals surface area (Å²) in [5, 5.41) is 5.68.